The predicted molar refractivity (Wildman–Crippen MR) is 138 cm³/mol. The maximum absolute atomic E-state index is 13.2. The maximum atomic E-state index is 13.2. The van der Waals surface area contributed by atoms with Crippen LogP contribution in [0.3, 0.4) is 0 Å². The van der Waals surface area contributed by atoms with Crippen LogP contribution in [0.25, 0.3) is 5.69 Å². The van der Waals surface area contributed by atoms with Gasteiger partial charge in [0.05, 0.1) is 24.2 Å². The molecule has 0 radical (unpaired) electrons. The number of amides is 3. The Kier molecular flexibility index (Phi) is 7.43. The number of carbonyl (C=O) groups excluding carboxylic acids is 2. The molecule has 3 aromatic rings. The highest BCUT2D eigenvalue weighted by Gasteiger charge is 2.25. The number of benzene rings is 1. The average Bonchev–Trinajstić information content (AvgIpc) is 3.36. The first-order valence-corrected chi connectivity index (χ1v) is 11.8. The Morgan fingerprint density at radius 2 is 1.77 bits per heavy atom. The molecule has 35 heavy (non-hydrogen) atoms. The highest BCUT2D eigenvalue weighted by atomic mass is 16.3. The van der Waals surface area contributed by atoms with Gasteiger partial charge in [-0.05, 0) is 58.4 Å². The van der Waals surface area contributed by atoms with E-state index in [1.54, 1.807) is 23.1 Å². The zero-order valence-corrected chi connectivity index (χ0v) is 22.0. The molecule has 0 atom stereocenters. The zero-order chi connectivity index (χ0) is 26.0. The number of hydrogen-bond acceptors (Lipinski definition) is 4. The molecule has 0 aliphatic heterocycles. The first-order valence-electron chi connectivity index (χ1n) is 11.8. The summed E-state index contributed by atoms with van der Waals surface area (Å²) < 4.78 is 7.18. The third kappa shape index (κ3) is 6.97. The minimum atomic E-state index is -0.446. The summed E-state index contributed by atoms with van der Waals surface area (Å²) in [6.07, 6.45) is 1.55. The molecule has 3 amide bonds. The maximum Gasteiger partial charge on any atom is 0.318 e. The highest BCUT2D eigenvalue weighted by Crippen LogP contribution is 2.28. The minimum absolute atomic E-state index is 0.147. The second-order valence-corrected chi connectivity index (χ2v) is 11.0. The summed E-state index contributed by atoms with van der Waals surface area (Å²) in [4.78, 5) is 27.6. The lowest BCUT2D eigenvalue weighted by Crippen LogP contribution is -2.50. The van der Waals surface area contributed by atoms with Gasteiger partial charge in [0.15, 0.2) is 0 Å². The van der Waals surface area contributed by atoms with Crippen molar-refractivity contribution in [2.45, 2.75) is 72.9 Å². The normalized spacial score (nSPS) is 11.9. The van der Waals surface area contributed by atoms with Crippen LogP contribution in [-0.4, -0.2) is 38.7 Å². The van der Waals surface area contributed by atoms with E-state index in [9.17, 15) is 9.59 Å². The number of anilines is 1. The minimum Gasteiger partial charge on any atom is -0.467 e. The molecule has 1 aromatic carbocycles. The van der Waals surface area contributed by atoms with Crippen LogP contribution in [0, 0.1) is 13.8 Å². The van der Waals surface area contributed by atoms with Gasteiger partial charge in [0, 0.05) is 17.0 Å². The number of rotatable bonds is 6. The number of aromatic nitrogens is 2. The van der Waals surface area contributed by atoms with Gasteiger partial charge in [0.2, 0.25) is 5.91 Å². The van der Waals surface area contributed by atoms with Gasteiger partial charge in [0.25, 0.3) is 0 Å². The van der Waals surface area contributed by atoms with Crippen LogP contribution in [0.2, 0.25) is 0 Å². The van der Waals surface area contributed by atoms with Crippen LogP contribution >= 0.6 is 0 Å². The van der Waals surface area contributed by atoms with Gasteiger partial charge in [0.1, 0.15) is 18.1 Å². The van der Waals surface area contributed by atoms with Gasteiger partial charge in [-0.2, -0.15) is 5.10 Å². The lowest BCUT2D eigenvalue weighted by atomic mass is 9.92. The second-order valence-electron chi connectivity index (χ2n) is 11.0. The van der Waals surface area contributed by atoms with Crippen LogP contribution in [0.4, 0.5) is 10.6 Å². The molecule has 2 heterocycles. The van der Waals surface area contributed by atoms with E-state index in [2.05, 4.69) is 37.5 Å². The Bertz CT molecular complexity index is 1180. The molecule has 0 spiro atoms. The summed E-state index contributed by atoms with van der Waals surface area (Å²) >= 11 is 0. The smallest absolute Gasteiger partial charge is 0.318 e. The van der Waals surface area contributed by atoms with E-state index in [1.807, 2.05) is 52.8 Å². The van der Waals surface area contributed by atoms with Gasteiger partial charge in [-0.1, -0.05) is 38.5 Å². The van der Waals surface area contributed by atoms with E-state index >= 15 is 0 Å². The summed E-state index contributed by atoms with van der Waals surface area (Å²) in [5.74, 6) is 0.824. The van der Waals surface area contributed by atoms with Crippen molar-refractivity contribution in [1.82, 2.24) is 20.0 Å². The molecule has 0 aliphatic carbocycles. The number of aryl methyl sites for hydroxylation is 2. The van der Waals surface area contributed by atoms with Gasteiger partial charge >= 0.3 is 6.03 Å². The summed E-state index contributed by atoms with van der Waals surface area (Å²) in [5.41, 5.74) is 3.29. The van der Waals surface area contributed by atoms with Crippen molar-refractivity contribution in [3.05, 3.63) is 65.2 Å². The van der Waals surface area contributed by atoms with Crippen molar-refractivity contribution < 1.29 is 14.0 Å². The molecule has 2 aromatic heterocycles. The van der Waals surface area contributed by atoms with Crippen LogP contribution < -0.4 is 10.6 Å². The van der Waals surface area contributed by atoms with Crippen molar-refractivity contribution in [3.63, 3.8) is 0 Å². The Labute approximate surface area is 207 Å². The summed E-state index contributed by atoms with van der Waals surface area (Å²) in [6, 6.07) is 11.2. The molecule has 8 nitrogen and oxygen atoms in total. The standard InChI is InChI=1S/C27H37N5O3/c1-18-11-12-21(19(2)14-18)32-23(15-22(30-32)26(3,4)5)28-24(33)17-31(16-20-10-9-13-35-20)25(34)29-27(6,7)8/h9-15H,16-17H2,1-8H3,(H,28,33)(H,29,34). The SMILES string of the molecule is Cc1ccc(-n2nc(C(C)(C)C)cc2NC(=O)CN(Cc2ccco2)C(=O)NC(C)(C)C)c(C)c1. The summed E-state index contributed by atoms with van der Waals surface area (Å²) in [6.45, 7) is 16.0. The molecular formula is C27H37N5O3. The van der Waals surface area contributed by atoms with Crippen molar-refractivity contribution in [1.29, 1.82) is 0 Å². The quantitative estimate of drug-likeness (QED) is 0.500. The molecule has 8 heteroatoms. The van der Waals surface area contributed by atoms with E-state index in [0.717, 1.165) is 22.5 Å². The molecule has 0 bridgehead atoms. The number of nitrogens with one attached hydrogen (secondary N) is 2. The number of nitrogens with zero attached hydrogens (tertiary/aromatic N) is 3. The number of furan rings is 1. The molecule has 0 aliphatic rings. The molecule has 188 valence electrons. The Morgan fingerprint density at radius 3 is 2.34 bits per heavy atom. The number of urea groups is 1. The van der Waals surface area contributed by atoms with Crippen LogP contribution in [0.15, 0.2) is 47.1 Å². The lowest BCUT2D eigenvalue weighted by molar-refractivity contribution is -0.117. The highest BCUT2D eigenvalue weighted by molar-refractivity contribution is 5.94. The average molecular weight is 480 g/mol. The molecule has 0 saturated heterocycles. The Hall–Kier alpha value is -3.55. The van der Waals surface area contributed by atoms with Crippen LogP contribution in [0.1, 0.15) is 64.1 Å². The van der Waals surface area contributed by atoms with Crippen molar-refractivity contribution in [2.75, 3.05) is 11.9 Å². The van der Waals surface area contributed by atoms with Crippen molar-refractivity contribution >= 4 is 17.8 Å². The largest absolute Gasteiger partial charge is 0.467 e. The third-order valence-electron chi connectivity index (χ3n) is 5.36. The Balaban J connectivity index is 1.89. The van der Waals surface area contributed by atoms with E-state index in [0.29, 0.717) is 11.6 Å². The van der Waals surface area contributed by atoms with Gasteiger partial charge < -0.3 is 20.0 Å². The molecule has 0 unspecified atom stereocenters. The molecule has 0 fully saturated rings. The second kappa shape index (κ2) is 9.98. The van der Waals surface area contributed by atoms with E-state index < -0.39 is 5.54 Å². The van der Waals surface area contributed by atoms with E-state index in [1.165, 1.54) is 4.90 Å². The zero-order valence-electron chi connectivity index (χ0n) is 22.0. The van der Waals surface area contributed by atoms with Gasteiger partial charge in [-0.3, -0.25) is 4.79 Å². The summed E-state index contributed by atoms with van der Waals surface area (Å²) in [5, 5.41) is 10.7. The molecular weight excluding hydrogens is 442 g/mol. The molecule has 0 saturated carbocycles. The fraction of sp³-hybridized carbons (Fsp3) is 0.444. The Morgan fingerprint density at radius 1 is 1.06 bits per heavy atom. The molecule has 2 N–H and O–H groups in total. The van der Waals surface area contributed by atoms with Gasteiger partial charge in [-0.25, -0.2) is 9.48 Å². The van der Waals surface area contributed by atoms with E-state index in [4.69, 9.17) is 9.52 Å². The number of carbonyl (C=O) groups is 2. The van der Waals surface area contributed by atoms with Crippen LogP contribution in [-0.2, 0) is 16.8 Å². The fourth-order valence-corrected chi connectivity index (χ4v) is 3.61. The number of hydrogen-bond donors (Lipinski definition) is 2. The third-order valence-corrected chi connectivity index (χ3v) is 5.36. The van der Waals surface area contributed by atoms with E-state index in [-0.39, 0.29) is 30.4 Å². The first kappa shape index (κ1) is 26.1. The monoisotopic (exact) mass is 479 g/mol. The van der Waals surface area contributed by atoms with Crippen molar-refractivity contribution in [3.8, 4) is 5.69 Å². The van der Waals surface area contributed by atoms with Crippen LogP contribution in [0.5, 0.6) is 0 Å². The topological polar surface area (TPSA) is 92.4 Å². The van der Waals surface area contributed by atoms with Gasteiger partial charge in [-0.15, -0.1) is 0 Å². The predicted octanol–water partition coefficient (Wildman–Crippen LogP) is 5.33. The lowest BCUT2D eigenvalue weighted by Gasteiger charge is -2.27. The molecule has 3 rings (SSSR count). The first-order chi connectivity index (χ1) is 16.2. The summed E-state index contributed by atoms with van der Waals surface area (Å²) in [7, 11) is 0. The van der Waals surface area contributed by atoms with Crippen molar-refractivity contribution in [2.24, 2.45) is 0 Å². The fourth-order valence-electron chi connectivity index (χ4n) is 3.61.